The quantitative estimate of drug-likeness (QED) is 0.691. The van der Waals surface area contributed by atoms with Crippen molar-refractivity contribution < 1.29 is 18.2 Å². The molecule has 2 unspecified atom stereocenters. The number of hydrogen-bond acceptors (Lipinski definition) is 4. The molecule has 0 saturated heterocycles. The van der Waals surface area contributed by atoms with Gasteiger partial charge in [0.1, 0.15) is 0 Å². The lowest BCUT2D eigenvalue weighted by Gasteiger charge is -2.04. The number of hydrogen-bond donors (Lipinski definition) is 0. The summed E-state index contributed by atoms with van der Waals surface area (Å²) in [6.07, 6.45) is 1.54. The Morgan fingerprint density at radius 1 is 0.833 bits per heavy atom. The van der Waals surface area contributed by atoms with Gasteiger partial charge in [-0.3, -0.25) is 9.13 Å². The number of rotatable bonds is 8. The summed E-state index contributed by atoms with van der Waals surface area (Å²) in [7, 11) is -3.65. The second kappa shape index (κ2) is 8.66. The highest BCUT2D eigenvalue weighted by atomic mass is 31.1. The van der Waals surface area contributed by atoms with Crippen LogP contribution < -0.4 is 0 Å². The van der Waals surface area contributed by atoms with Gasteiger partial charge >= 0.3 is 0 Å². The summed E-state index contributed by atoms with van der Waals surface area (Å²) < 4.78 is 31.7. The highest BCUT2D eigenvalue weighted by Crippen LogP contribution is 2.17. The van der Waals surface area contributed by atoms with Crippen molar-refractivity contribution in [3.63, 3.8) is 0 Å². The minimum absolute atomic E-state index is 0.495. The molecule has 0 radical (unpaired) electrons. The third-order valence-electron chi connectivity index (χ3n) is 2.42. The molecular weight excluding hydrogens is 270 g/mol. The molecule has 0 bridgehead atoms. The molecule has 0 N–H and O–H groups in total. The molecule has 1 aromatic carbocycles. The molecular formula is C12H20O4P2. The van der Waals surface area contributed by atoms with E-state index < -0.39 is 16.1 Å². The lowest BCUT2D eigenvalue weighted by molar-refractivity contribution is 0.335. The molecule has 0 fully saturated rings. The summed E-state index contributed by atoms with van der Waals surface area (Å²) in [6.45, 7) is 4.17. The SMILES string of the molecule is C[PH](=O)OCCc1ccc(CCO[PH](C)=O)cc1. The van der Waals surface area contributed by atoms with Gasteiger partial charge in [0.05, 0.1) is 13.2 Å². The van der Waals surface area contributed by atoms with Gasteiger partial charge in [0, 0.05) is 13.3 Å². The van der Waals surface area contributed by atoms with Crippen molar-refractivity contribution in [2.75, 3.05) is 26.5 Å². The van der Waals surface area contributed by atoms with E-state index in [1.807, 2.05) is 24.3 Å². The third-order valence-corrected chi connectivity index (χ3v) is 3.64. The van der Waals surface area contributed by atoms with Gasteiger partial charge in [-0.05, 0) is 24.0 Å². The van der Waals surface area contributed by atoms with Crippen molar-refractivity contribution in [2.45, 2.75) is 12.8 Å². The van der Waals surface area contributed by atoms with E-state index in [-0.39, 0.29) is 0 Å². The van der Waals surface area contributed by atoms with Gasteiger partial charge in [-0.15, -0.1) is 0 Å². The predicted octanol–water partition coefficient (Wildman–Crippen LogP) is 3.01. The van der Waals surface area contributed by atoms with Crippen LogP contribution in [0.25, 0.3) is 0 Å². The normalized spacial score (nSPS) is 14.3. The molecule has 6 heteroatoms. The fraction of sp³-hybridized carbons (Fsp3) is 0.500. The van der Waals surface area contributed by atoms with E-state index in [1.54, 1.807) is 13.3 Å². The van der Waals surface area contributed by atoms with E-state index in [9.17, 15) is 9.13 Å². The van der Waals surface area contributed by atoms with Crippen LogP contribution >= 0.6 is 16.1 Å². The van der Waals surface area contributed by atoms with Crippen LogP contribution in [0.2, 0.25) is 0 Å². The van der Waals surface area contributed by atoms with Crippen molar-refractivity contribution in [3.8, 4) is 0 Å². The maximum absolute atomic E-state index is 10.8. The molecule has 0 aliphatic heterocycles. The van der Waals surface area contributed by atoms with Crippen LogP contribution in [0.15, 0.2) is 24.3 Å². The first-order chi connectivity index (χ1) is 8.58. The first-order valence-electron chi connectivity index (χ1n) is 5.92. The summed E-state index contributed by atoms with van der Waals surface area (Å²) in [5.41, 5.74) is 2.32. The topological polar surface area (TPSA) is 52.6 Å². The monoisotopic (exact) mass is 290 g/mol. The van der Waals surface area contributed by atoms with Crippen molar-refractivity contribution in [2.24, 2.45) is 0 Å². The minimum atomic E-state index is -1.83. The van der Waals surface area contributed by atoms with Gasteiger partial charge in [-0.2, -0.15) is 0 Å². The summed E-state index contributed by atoms with van der Waals surface area (Å²) in [5, 5.41) is 0. The van der Waals surface area contributed by atoms with Gasteiger partial charge < -0.3 is 9.05 Å². The summed E-state index contributed by atoms with van der Waals surface area (Å²) >= 11 is 0. The van der Waals surface area contributed by atoms with Crippen LogP contribution in [0.4, 0.5) is 0 Å². The highest BCUT2D eigenvalue weighted by molar-refractivity contribution is 7.38. The maximum atomic E-state index is 10.8. The van der Waals surface area contributed by atoms with Crippen LogP contribution in [0, 0.1) is 0 Å². The molecule has 0 aliphatic rings. The second-order valence-corrected chi connectivity index (χ2v) is 6.54. The molecule has 0 aliphatic carbocycles. The first-order valence-corrected chi connectivity index (χ1v) is 9.56. The standard InChI is InChI=1S/C12H20O4P2/c1-17(13)15-9-7-11-3-5-12(6-4-11)8-10-16-18(2)14/h3-6,17-18H,7-10H2,1-2H3. The summed E-state index contributed by atoms with van der Waals surface area (Å²) in [4.78, 5) is 0. The van der Waals surface area contributed by atoms with Crippen LogP contribution in [0.5, 0.6) is 0 Å². The molecule has 4 nitrogen and oxygen atoms in total. The van der Waals surface area contributed by atoms with E-state index in [4.69, 9.17) is 9.05 Å². The zero-order valence-corrected chi connectivity index (χ0v) is 12.8. The smallest absolute Gasteiger partial charge is 0.188 e. The molecule has 0 aromatic heterocycles. The molecule has 0 spiro atoms. The Bertz CT molecular complexity index is 364. The van der Waals surface area contributed by atoms with Gasteiger partial charge in [-0.25, -0.2) is 0 Å². The van der Waals surface area contributed by atoms with Crippen molar-refractivity contribution in [3.05, 3.63) is 35.4 Å². The van der Waals surface area contributed by atoms with Crippen LogP contribution in [-0.4, -0.2) is 26.5 Å². The fourth-order valence-electron chi connectivity index (χ4n) is 1.50. The zero-order chi connectivity index (χ0) is 13.4. The zero-order valence-electron chi connectivity index (χ0n) is 10.8. The second-order valence-electron chi connectivity index (χ2n) is 4.00. The van der Waals surface area contributed by atoms with Gasteiger partial charge in [-0.1, -0.05) is 24.3 Å². The third kappa shape index (κ3) is 7.13. The van der Waals surface area contributed by atoms with Crippen molar-refractivity contribution >= 4 is 16.1 Å². The highest BCUT2D eigenvalue weighted by Gasteiger charge is 1.98. The van der Waals surface area contributed by atoms with E-state index in [0.717, 1.165) is 24.0 Å². The molecule has 2 atom stereocenters. The van der Waals surface area contributed by atoms with E-state index in [2.05, 4.69) is 0 Å². The molecule has 0 heterocycles. The van der Waals surface area contributed by atoms with Crippen molar-refractivity contribution in [1.29, 1.82) is 0 Å². The summed E-state index contributed by atoms with van der Waals surface area (Å²) in [5.74, 6) is 0. The van der Waals surface area contributed by atoms with E-state index in [1.165, 1.54) is 0 Å². The Balaban J connectivity index is 2.33. The van der Waals surface area contributed by atoms with Gasteiger partial charge in [0.2, 0.25) is 0 Å². The van der Waals surface area contributed by atoms with E-state index in [0.29, 0.717) is 13.2 Å². The van der Waals surface area contributed by atoms with Crippen LogP contribution in [0.3, 0.4) is 0 Å². The molecule has 1 aromatic rings. The average molecular weight is 290 g/mol. The Hall–Kier alpha value is -0.400. The molecule has 18 heavy (non-hydrogen) atoms. The van der Waals surface area contributed by atoms with Crippen LogP contribution in [0.1, 0.15) is 11.1 Å². The maximum Gasteiger partial charge on any atom is 0.188 e. The Morgan fingerprint density at radius 2 is 1.17 bits per heavy atom. The minimum Gasteiger partial charge on any atom is -0.330 e. The average Bonchev–Trinajstić information content (AvgIpc) is 2.30. The number of benzene rings is 1. The fourth-order valence-corrected chi connectivity index (χ4v) is 2.28. The van der Waals surface area contributed by atoms with Crippen molar-refractivity contribution in [1.82, 2.24) is 0 Å². The Morgan fingerprint density at radius 3 is 1.44 bits per heavy atom. The predicted molar refractivity (Wildman–Crippen MR) is 75.6 cm³/mol. The Labute approximate surface area is 109 Å². The van der Waals surface area contributed by atoms with E-state index >= 15 is 0 Å². The van der Waals surface area contributed by atoms with Crippen LogP contribution in [-0.2, 0) is 31.0 Å². The molecule has 0 saturated carbocycles. The largest absolute Gasteiger partial charge is 0.330 e. The lowest BCUT2D eigenvalue weighted by Crippen LogP contribution is -1.96. The molecule has 0 amide bonds. The molecule has 102 valence electrons. The lowest BCUT2D eigenvalue weighted by atomic mass is 10.1. The molecule has 1 rings (SSSR count). The van der Waals surface area contributed by atoms with Gasteiger partial charge in [0.25, 0.3) is 0 Å². The van der Waals surface area contributed by atoms with Gasteiger partial charge in [0.15, 0.2) is 16.1 Å². The first kappa shape index (κ1) is 15.7. The Kier molecular flexibility index (Phi) is 7.53. The summed E-state index contributed by atoms with van der Waals surface area (Å²) in [6, 6.07) is 8.11.